The zero-order chi connectivity index (χ0) is 12.8. The molecule has 0 aliphatic rings. The molecule has 0 bridgehead atoms. The lowest BCUT2D eigenvalue weighted by Gasteiger charge is -2.24. The maximum absolute atomic E-state index is 2.26. The molecule has 0 spiro atoms. The van der Waals surface area contributed by atoms with Gasteiger partial charge >= 0.3 is 0 Å². The van der Waals surface area contributed by atoms with E-state index in [9.17, 15) is 0 Å². The molecular weight excluding hydrogens is 218 g/mol. The van der Waals surface area contributed by atoms with Crippen LogP contribution < -0.4 is 4.90 Å². The summed E-state index contributed by atoms with van der Waals surface area (Å²) in [6, 6.07) is 21.2. The van der Waals surface area contributed by atoms with Crippen LogP contribution in [0.3, 0.4) is 0 Å². The first-order valence-electron chi connectivity index (χ1n) is 6.28. The SMILES string of the molecule is C[C@@H](/C=C/c1ccccc1)N(C)c1ccccc1. The zero-order valence-electron chi connectivity index (χ0n) is 11.0. The van der Waals surface area contributed by atoms with Crippen molar-refractivity contribution in [2.45, 2.75) is 13.0 Å². The van der Waals surface area contributed by atoms with E-state index in [4.69, 9.17) is 0 Å². The van der Waals surface area contributed by atoms with Gasteiger partial charge in [-0.3, -0.25) is 0 Å². The molecule has 0 N–H and O–H groups in total. The molecule has 0 saturated heterocycles. The Hall–Kier alpha value is -2.02. The van der Waals surface area contributed by atoms with Crippen molar-refractivity contribution in [1.82, 2.24) is 0 Å². The third kappa shape index (κ3) is 3.24. The maximum atomic E-state index is 2.26. The number of benzene rings is 2. The molecular formula is C17H19N. The molecule has 0 saturated carbocycles. The summed E-state index contributed by atoms with van der Waals surface area (Å²) in [6.07, 6.45) is 4.40. The highest BCUT2D eigenvalue weighted by molar-refractivity contribution is 5.53. The van der Waals surface area contributed by atoms with Crippen LogP contribution in [0.5, 0.6) is 0 Å². The molecule has 0 amide bonds. The van der Waals surface area contributed by atoms with E-state index < -0.39 is 0 Å². The molecule has 2 aromatic rings. The topological polar surface area (TPSA) is 3.24 Å². The summed E-state index contributed by atoms with van der Waals surface area (Å²) in [5, 5.41) is 0. The van der Waals surface area contributed by atoms with Crippen LogP contribution in [-0.2, 0) is 0 Å². The lowest BCUT2D eigenvalue weighted by atomic mass is 10.1. The quantitative estimate of drug-likeness (QED) is 0.769. The van der Waals surface area contributed by atoms with Crippen LogP contribution in [-0.4, -0.2) is 13.1 Å². The molecule has 0 aliphatic heterocycles. The van der Waals surface area contributed by atoms with Crippen molar-refractivity contribution in [3.63, 3.8) is 0 Å². The predicted molar refractivity (Wildman–Crippen MR) is 79.8 cm³/mol. The summed E-state index contributed by atoms with van der Waals surface area (Å²) >= 11 is 0. The van der Waals surface area contributed by atoms with Gasteiger partial charge in [0.15, 0.2) is 0 Å². The van der Waals surface area contributed by atoms with Crippen molar-refractivity contribution < 1.29 is 0 Å². The third-order valence-corrected chi connectivity index (χ3v) is 3.14. The van der Waals surface area contributed by atoms with Crippen molar-refractivity contribution in [2.75, 3.05) is 11.9 Å². The van der Waals surface area contributed by atoms with Crippen LogP contribution >= 0.6 is 0 Å². The van der Waals surface area contributed by atoms with Gasteiger partial charge in [-0.05, 0) is 24.6 Å². The Balaban J connectivity index is 2.04. The van der Waals surface area contributed by atoms with Gasteiger partial charge in [0.25, 0.3) is 0 Å². The van der Waals surface area contributed by atoms with Crippen molar-refractivity contribution in [2.24, 2.45) is 0 Å². The van der Waals surface area contributed by atoms with Crippen LogP contribution in [0.1, 0.15) is 12.5 Å². The summed E-state index contributed by atoms with van der Waals surface area (Å²) in [6.45, 7) is 2.20. The van der Waals surface area contributed by atoms with Gasteiger partial charge in [0.1, 0.15) is 0 Å². The number of anilines is 1. The van der Waals surface area contributed by atoms with E-state index in [1.807, 2.05) is 12.1 Å². The Labute approximate surface area is 109 Å². The number of hydrogen-bond donors (Lipinski definition) is 0. The Morgan fingerprint density at radius 3 is 2.06 bits per heavy atom. The Morgan fingerprint density at radius 2 is 1.44 bits per heavy atom. The second-order valence-corrected chi connectivity index (χ2v) is 4.46. The number of rotatable bonds is 4. The largest absolute Gasteiger partial charge is 0.368 e. The van der Waals surface area contributed by atoms with Crippen LogP contribution in [0.15, 0.2) is 66.7 Å². The predicted octanol–water partition coefficient (Wildman–Crippen LogP) is 4.22. The van der Waals surface area contributed by atoms with E-state index >= 15 is 0 Å². The molecule has 0 heterocycles. The Kier molecular flexibility index (Phi) is 4.19. The van der Waals surface area contributed by atoms with Gasteiger partial charge in [0.2, 0.25) is 0 Å². The average Bonchev–Trinajstić information content (AvgIpc) is 2.46. The van der Waals surface area contributed by atoms with E-state index in [0.29, 0.717) is 6.04 Å². The van der Waals surface area contributed by atoms with Crippen molar-refractivity contribution in [1.29, 1.82) is 0 Å². The van der Waals surface area contributed by atoms with Gasteiger partial charge in [-0.25, -0.2) is 0 Å². The molecule has 18 heavy (non-hydrogen) atoms. The minimum absolute atomic E-state index is 0.368. The smallest absolute Gasteiger partial charge is 0.0444 e. The highest BCUT2D eigenvalue weighted by Gasteiger charge is 2.05. The van der Waals surface area contributed by atoms with Crippen LogP contribution in [0.2, 0.25) is 0 Å². The minimum Gasteiger partial charge on any atom is -0.368 e. The van der Waals surface area contributed by atoms with Crippen LogP contribution in [0, 0.1) is 0 Å². The summed E-state index contributed by atoms with van der Waals surface area (Å²) < 4.78 is 0. The number of para-hydroxylation sites is 1. The highest BCUT2D eigenvalue weighted by atomic mass is 15.1. The molecule has 1 atom stereocenters. The summed E-state index contributed by atoms with van der Waals surface area (Å²) in [4.78, 5) is 2.26. The normalized spacial score (nSPS) is 12.6. The first kappa shape index (κ1) is 12.4. The third-order valence-electron chi connectivity index (χ3n) is 3.14. The van der Waals surface area contributed by atoms with Crippen LogP contribution in [0.25, 0.3) is 6.08 Å². The Bertz CT molecular complexity index is 488. The monoisotopic (exact) mass is 237 g/mol. The lowest BCUT2D eigenvalue weighted by Crippen LogP contribution is -2.26. The fourth-order valence-corrected chi connectivity index (χ4v) is 1.84. The number of likely N-dealkylation sites (N-methyl/N-ethyl adjacent to an activating group) is 1. The van der Waals surface area contributed by atoms with Crippen molar-refractivity contribution >= 4 is 11.8 Å². The van der Waals surface area contributed by atoms with Gasteiger partial charge in [0.05, 0.1) is 0 Å². The first-order chi connectivity index (χ1) is 8.77. The fraction of sp³-hybridized carbons (Fsp3) is 0.176. The van der Waals surface area contributed by atoms with Crippen molar-refractivity contribution in [3.8, 4) is 0 Å². The van der Waals surface area contributed by atoms with Gasteiger partial charge in [0, 0.05) is 18.8 Å². The molecule has 1 nitrogen and oxygen atoms in total. The standard InChI is InChI=1S/C17H19N/c1-15(13-14-16-9-5-3-6-10-16)18(2)17-11-7-4-8-12-17/h3-15H,1-2H3/b14-13+/t15-/m0/s1. The maximum Gasteiger partial charge on any atom is 0.0444 e. The van der Waals surface area contributed by atoms with Crippen molar-refractivity contribution in [3.05, 3.63) is 72.3 Å². The fourth-order valence-electron chi connectivity index (χ4n) is 1.84. The molecule has 0 aliphatic carbocycles. The van der Waals surface area contributed by atoms with E-state index in [2.05, 4.69) is 79.6 Å². The molecule has 0 unspecified atom stereocenters. The lowest BCUT2D eigenvalue weighted by molar-refractivity contribution is 0.826. The van der Waals surface area contributed by atoms with E-state index in [1.165, 1.54) is 11.3 Å². The molecule has 2 rings (SSSR count). The average molecular weight is 237 g/mol. The summed E-state index contributed by atoms with van der Waals surface area (Å²) in [5.74, 6) is 0. The molecule has 92 valence electrons. The van der Waals surface area contributed by atoms with E-state index in [1.54, 1.807) is 0 Å². The van der Waals surface area contributed by atoms with Gasteiger partial charge in [-0.2, -0.15) is 0 Å². The molecule has 0 aromatic heterocycles. The first-order valence-corrected chi connectivity index (χ1v) is 6.28. The van der Waals surface area contributed by atoms with Gasteiger partial charge in [-0.1, -0.05) is 60.7 Å². The number of nitrogens with zero attached hydrogens (tertiary/aromatic N) is 1. The van der Waals surface area contributed by atoms with Gasteiger partial charge in [-0.15, -0.1) is 0 Å². The zero-order valence-corrected chi connectivity index (χ0v) is 11.0. The van der Waals surface area contributed by atoms with Crippen LogP contribution in [0.4, 0.5) is 5.69 Å². The molecule has 0 radical (unpaired) electrons. The van der Waals surface area contributed by atoms with E-state index in [-0.39, 0.29) is 0 Å². The summed E-state index contributed by atoms with van der Waals surface area (Å²) in [5.41, 5.74) is 2.48. The molecule has 0 fully saturated rings. The molecule has 1 heteroatoms. The van der Waals surface area contributed by atoms with Gasteiger partial charge < -0.3 is 4.90 Å². The second kappa shape index (κ2) is 6.06. The number of hydrogen-bond acceptors (Lipinski definition) is 1. The highest BCUT2D eigenvalue weighted by Crippen LogP contribution is 2.15. The Morgan fingerprint density at radius 1 is 0.889 bits per heavy atom. The minimum atomic E-state index is 0.368. The van der Waals surface area contributed by atoms with E-state index in [0.717, 1.165) is 0 Å². The second-order valence-electron chi connectivity index (χ2n) is 4.46. The summed E-state index contributed by atoms with van der Waals surface area (Å²) in [7, 11) is 2.12. The molecule has 2 aromatic carbocycles.